The van der Waals surface area contributed by atoms with Gasteiger partial charge in [-0.05, 0) is 62.9 Å². The fourth-order valence-corrected chi connectivity index (χ4v) is 3.59. The second-order valence-electron chi connectivity index (χ2n) is 8.12. The monoisotopic (exact) mass is 432 g/mol. The number of anilines is 4. The van der Waals surface area contributed by atoms with Crippen molar-refractivity contribution in [3.05, 3.63) is 60.0 Å². The molecule has 1 aromatic carbocycles. The highest BCUT2D eigenvalue weighted by atomic mass is 16.5. The number of pyridine rings is 1. The lowest BCUT2D eigenvalue weighted by Gasteiger charge is -2.14. The molecule has 0 atom stereocenters. The Hall–Kier alpha value is -3.68. The van der Waals surface area contributed by atoms with Gasteiger partial charge in [0.05, 0.1) is 5.56 Å². The van der Waals surface area contributed by atoms with Gasteiger partial charge in [-0.15, -0.1) is 0 Å². The van der Waals surface area contributed by atoms with Crippen LogP contribution in [0.15, 0.2) is 48.7 Å². The molecule has 1 amide bonds. The summed E-state index contributed by atoms with van der Waals surface area (Å²) in [5.74, 6) is 2.59. The van der Waals surface area contributed by atoms with E-state index in [1.54, 1.807) is 18.3 Å². The van der Waals surface area contributed by atoms with Crippen molar-refractivity contribution in [2.24, 2.45) is 0 Å². The van der Waals surface area contributed by atoms with Crippen LogP contribution in [0.2, 0.25) is 0 Å². The standard InChI is InChI=1S/C24H28N6O2/c1-16-26-21(14-22(27-16)30(2)3)28-18-9-11-19(12-10-18)29-24(31)17-8-13-23(25-15-17)32-20-6-4-5-7-20/h8-15,20H,4-7H2,1-3H3,(H,29,31)(H,26,27,28). The number of carbonyl (C=O) groups excluding carboxylic acids is 1. The van der Waals surface area contributed by atoms with Crippen molar-refractivity contribution in [2.75, 3.05) is 29.6 Å². The van der Waals surface area contributed by atoms with E-state index in [4.69, 9.17) is 4.74 Å². The number of aromatic nitrogens is 3. The van der Waals surface area contributed by atoms with Crippen LogP contribution in [0.25, 0.3) is 0 Å². The van der Waals surface area contributed by atoms with Crippen molar-refractivity contribution in [1.82, 2.24) is 15.0 Å². The number of amides is 1. The van der Waals surface area contributed by atoms with Gasteiger partial charge in [0.15, 0.2) is 0 Å². The molecule has 1 aliphatic rings. The molecule has 1 saturated carbocycles. The molecule has 1 fully saturated rings. The molecule has 0 aliphatic heterocycles. The molecule has 32 heavy (non-hydrogen) atoms. The maximum absolute atomic E-state index is 12.6. The van der Waals surface area contributed by atoms with Gasteiger partial charge < -0.3 is 20.3 Å². The minimum atomic E-state index is -0.215. The van der Waals surface area contributed by atoms with Crippen LogP contribution < -0.4 is 20.3 Å². The van der Waals surface area contributed by atoms with Gasteiger partial charge in [-0.25, -0.2) is 15.0 Å². The Kier molecular flexibility index (Phi) is 6.49. The quantitative estimate of drug-likeness (QED) is 0.565. The number of benzene rings is 1. The van der Waals surface area contributed by atoms with Gasteiger partial charge in [0.1, 0.15) is 23.6 Å². The molecule has 166 valence electrons. The summed E-state index contributed by atoms with van der Waals surface area (Å²) in [5, 5.41) is 6.17. The van der Waals surface area contributed by atoms with Crippen LogP contribution in [0, 0.1) is 6.92 Å². The average Bonchev–Trinajstić information content (AvgIpc) is 3.28. The Labute approximate surface area is 188 Å². The molecule has 0 unspecified atom stereocenters. The highest BCUT2D eigenvalue weighted by Gasteiger charge is 2.17. The first-order valence-corrected chi connectivity index (χ1v) is 10.8. The average molecular weight is 433 g/mol. The van der Waals surface area contributed by atoms with Crippen LogP contribution in [0.3, 0.4) is 0 Å². The van der Waals surface area contributed by atoms with Gasteiger partial charge in [-0.1, -0.05) is 0 Å². The molecule has 8 nitrogen and oxygen atoms in total. The Balaban J connectivity index is 1.35. The summed E-state index contributed by atoms with van der Waals surface area (Å²) in [6, 6.07) is 12.8. The number of aryl methyl sites for hydroxylation is 1. The summed E-state index contributed by atoms with van der Waals surface area (Å²) in [6.45, 7) is 1.86. The Morgan fingerprint density at radius 2 is 1.75 bits per heavy atom. The minimum absolute atomic E-state index is 0.215. The lowest BCUT2D eigenvalue weighted by molar-refractivity contribution is 0.102. The van der Waals surface area contributed by atoms with E-state index in [0.717, 1.165) is 24.3 Å². The zero-order valence-corrected chi connectivity index (χ0v) is 18.6. The number of hydrogen-bond acceptors (Lipinski definition) is 7. The van der Waals surface area contributed by atoms with Crippen LogP contribution in [0.1, 0.15) is 41.9 Å². The first-order chi connectivity index (χ1) is 15.5. The van der Waals surface area contributed by atoms with Crippen molar-refractivity contribution in [2.45, 2.75) is 38.7 Å². The Morgan fingerprint density at radius 3 is 2.41 bits per heavy atom. The summed E-state index contributed by atoms with van der Waals surface area (Å²) in [4.78, 5) is 27.6. The number of carbonyl (C=O) groups is 1. The number of ether oxygens (including phenoxy) is 1. The van der Waals surface area contributed by atoms with E-state index in [-0.39, 0.29) is 12.0 Å². The minimum Gasteiger partial charge on any atom is -0.474 e. The first kappa shape index (κ1) is 21.5. The number of nitrogens with one attached hydrogen (secondary N) is 2. The van der Waals surface area contributed by atoms with Crippen LogP contribution >= 0.6 is 0 Å². The Bertz CT molecular complexity index is 1060. The van der Waals surface area contributed by atoms with Gasteiger partial charge in [0.25, 0.3) is 5.91 Å². The molecular formula is C24H28N6O2. The van der Waals surface area contributed by atoms with Gasteiger partial charge >= 0.3 is 0 Å². The van der Waals surface area contributed by atoms with Crippen LogP contribution in [0.5, 0.6) is 5.88 Å². The zero-order valence-electron chi connectivity index (χ0n) is 18.6. The number of nitrogens with zero attached hydrogens (tertiary/aromatic N) is 4. The van der Waals surface area contributed by atoms with Gasteiger partial charge in [0.2, 0.25) is 5.88 Å². The van der Waals surface area contributed by atoms with Crippen molar-refractivity contribution in [1.29, 1.82) is 0 Å². The predicted octanol–water partition coefficient (Wildman–Crippen LogP) is 4.56. The third-order valence-corrected chi connectivity index (χ3v) is 5.29. The number of hydrogen-bond donors (Lipinski definition) is 2. The van der Waals surface area contributed by atoms with Gasteiger partial charge in [0, 0.05) is 43.8 Å². The molecule has 0 saturated heterocycles. The van der Waals surface area contributed by atoms with E-state index >= 15 is 0 Å². The summed E-state index contributed by atoms with van der Waals surface area (Å²) in [5.41, 5.74) is 2.04. The fourth-order valence-electron chi connectivity index (χ4n) is 3.59. The largest absolute Gasteiger partial charge is 0.474 e. The van der Waals surface area contributed by atoms with Crippen LogP contribution in [-0.4, -0.2) is 41.1 Å². The molecule has 1 aliphatic carbocycles. The van der Waals surface area contributed by atoms with E-state index in [2.05, 4.69) is 25.6 Å². The molecule has 0 radical (unpaired) electrons. The lowest BCUT2D eigenvalue weighted by atomic mass is 10.2. The SMILES string of the molecule is Cc1nc(Nc2ccc(NC(=O)c3ccc(OC4CCCC4)nc3)cc2)cc(N(C)C)n1. The molecule has 2 heterocycles. The zero-order chi connectivity index (χ0) is 22.5. The van der Waals surface area contributed by atoms with E-state index in [1.165, 1.54) is 12.8 Å². The predicted molar refractivity (Wildman–Crippen MR) is 126 cm³/mol. The summed E-state index contributed by atoms with van der Waals surface area (Å²) < 4.78 is 5.86. The smallest absolute Gasteiger partial charge is 0.257 e. The second kappa shape index (κ2) is 9.64. The summed E-state index contributed by atoms with van der Waals surface area (Å²) in [6.07, 6.45) is 6.35. The van der Waals surface area contributed by atoms with E-state index in [1.807, 2.05) is 56.3 Å². The highest BCUT2D eigenvalue weighted by molar-refractivity contribution is 6.04. The van der Waals surface area contributed by atoms with Crippen LogP contribution in [-0.2, 0) is 0 Å². The lowest BCUT2D eigenvalue weighted by Crippen LogP contribution is -2.14. The molecule has 4 rings (SSSR count). The van der Waals surface area contributed by atoms with Crippen molar-refractivity contribution < 1.29 is 9.53 Å². The molecule has 0 spiro atoms. The molecule has 0 bridgehead atoms. The third-order valence-electron chi connectivity index (χ3n) is 5.29. The molecule has 8 heteroatoms. The third kappa shape index (κ3) is 5.51. The molecular weight excluding hydrogens is 404 g/mol. The Morgan fingerprint density at radius 1 is 1.03 bits per heavy atom. The normalized spacial score (nSPS) is 13.6. The maximum atomic E-state index is 12.6. The number of rotatable bonds is 7. The highest BCUT2D eigenvalue weighted by Crippen LogP contribution is 2.23. The summed E-state index contributed by atoms with van der Waals surface area (Å²) >= 11 is 0. The van der Waals surface area contributed by atoms with E-state index in [0.29, 0.717) is 28.8 Å². The summed E-state index contributed by atoms with van der Waals surface area (Å²) in [7, 11) is 3.88. The van der Waals surface area contributed by atoms with Crippen molar-refractivity contribution in [3.63, 3.8) is 0 Å². The maximum Gasteiger partial charge on any atom is 0.257 e. The van der Waals surface area contributed by atoms with Gasteiger partial charge in [-0.2, -0.15) is 0 Å². The van der Waals surface area contributed by atoms with Crippen LogP contribution in [0.4, 0.5) is 23.0 Å². The molecule has 2 N–H and O–H groups in total. The van der Waals surface area contributed by atoms with Crippen molar-refractivity contribution >= 4 is 28.9 Å². The fraction of sp³-hybridized carbons (Fsp3) is 0.333. The molecule has 2 aromatic heterocycles. The second-order valence-corrected chi connectivity index (χ2v) is 8.12. The van der Waals surface area contributed by atoms with E-state index < -0.39 is 0 Å². The topological polar surface area (TPSA) is 92.3 Å². The molecule has 3 aromatic rings. The van der Waals surface area contributed by atoms with Crippen molar-refractivity contribution in [3.8, 4) is 5.88 Å². The first-order valence-electron chi connectivity index (χ1n) is 10.8. The van der Waals surface area contributed by atoms with Gasteiger partial charge in [-0.3, -0.25) is 4.79 Å². The van der Waals surface area contributed by atoms with E-state index in [9.17, 15) is 4.79 Å².